The van der Waals surface area contributed by atoms with Gasteiger partial charge in [-0.3, -0.25) is 4.79 Å². The van der Waals surface area contributed by atoms with Gasteiger partial charge in [0.05, 0.1) is 11.3 Å². The number of nitrogens with zero attached hydrogens (tertiary/aromatic N) is 1. The van der Waals surface area contributed by atoms with Crippen LogP contribution in [-0.4, -0.2) is 18.4 Å². The molecule has 2 rings (SSSR count). The Morgan fingerprint density at radius 1 is 1.44 bits per heavy atom. The second-order valence-corrected chi connectivity index (χ2v) is 5.47. The molecule has 0 N–H and O–H groups in total. The van der Waals surface area contributed by atoms with Gasteiger partial charge in [0, 0.05) is 12.6 Å². The summed E-state index contributed by atoms with van der Waals surface area (Å²) in [6.07, 6.45) is 2.28. The summed E-state index contributed by atoms with van der Waals surface area (Å²) in [4.78, 5) is 13.9. The molecule has 1 fully saturated rings. The number of carbonyl (C=O) groups excluding carboxylic acids is 1. The van der Waals surface area contributed by atoms with Crippen LogP contribution in [0.25, 0.3) is 0 Å². The highest BCUT2D eigenvalue weighted by molar-refractivity contribution is 6.00. The number of ketones is 1. The van der Waals surface area contributed by atoms with E-state index in [-0.39, 0.29) is 11.3 Å². The van der Waals surface area contributed by atoms with E-state index >= 15 is 0 Å². The first-order valence-corrected chi connectivity index (χ1v) is 6.56. The first-order valence-electron chi connectivity index (χ1n) is 6.56. The second kappa shape index (κ2) is 5.09. The molecule has 1 aliphatic rings. The summed E-state index contributed by atoms with van der Waals surface area (Å²) in [7, 11) is 0. The van der Waals surface area contributed by atoms with Crippen LogP contribution in [-0.2, 0) is 0 Å². The van der Waals surface area contributed by atoms with Crippen molar-refractivity contribution >= 4 is 11.5 Å². The van der Waals surface area contributed by atoms with E-state index in [1.807, 2.05) is 6.07 Å². The largest absolute Gasteiger partial charge is 0.368 e. The van der Waals surface area contributed by atoms with Gasteiger partial charge < -0.3 is 4.90 Å². The van der Waals surface area contributed by atoms with Crippen LogP contribution < -0.4 is 4.90 Å². The lowest BCUT2D eigenvalue weighted by Gasteiger charge is -2.28. The Balaban J connectivity index is 2.40. The maximum atomic E-state index is 13.8. The average molecular weight is 249 g/mol. The van der Waals surface area contributed by atoms with Crippen molar-refractivity contribution in [2.75, 3.05) is 11.4 Å². The first kappa shape index (κ1) is 13.1. The number of anilines is 1. The van der Waals surface area contributed by atoms with E-state index in [0.717, 1.165) is 25.1 Å². The Morgan fingerprint density at radius 2 is 2.11 bits per heavy atom. The molecule has 3 heteroatoms. The Kier molecular flexibility index (Phi) is 3.69. The van der Waals surface area contributed by atoms with Gasteiger partial charge in [-0.25, -0.2) is 4.39 Å². The van der Waals surface area contributed by atoms with Gasteiger partial charge in [-0.2, -0.15) is 0 Å². The molecule has 0 heterocycles. The van der Waals surface area contributed by atoms with Crippen LogP contribution in [0.15, 0.2) is 18.2 Å². The summed E-state index contributed by atoms with van der Waals surface area (Å²) in [5.74, 6) is -0.111. The van der Waals surface area contributed by atoms with Crippen molar-refractivity contribution in [3.05, 3.63) is 29.6 Å². The monoisotopic (exact) mass is 249 g/mol. The standard InChI is InChI=1S/C15H20FNO/c1-10(2)9-17(12-7-8-12)14-6-4-5-13(16)15(14)11(3)18/h4-6,10,12H,7-9H2,1-3H3. The maximum absolute atomic E-state index is 13.8. The fraction of sp³-hybridized carbons (Fsp3) is 0.533. The smallest absolute Gasteiger partial charge is 0.164 e. The third-order valence-electron chi connectivity index (χ3n) is 3.20. The summed E-state index contributed by atoms with van der Waals surface area (Å²) in [6.45, 7) is 6.58. The number of halogens is 1. The normalized spacial score (nSPS) is 14.9. The van der Waals surface area contributed by atoms with Crippen LogP contribution in [0.2, 0.25) is 0 Å². The van der Waals surface area contributed by atoms with Crippen molar-refractivity contribution in [3.63, 3.8) is 0 Å². The Hall–Kier alpha value is -1.38. The van der Waals surface area contributed by atoms with E-state index < -0.39 is 5.82 Å². The van der Waals surface area contributed by atoms with Gasteiger partial charge in [0.1, 0.15) is 5.82 Å². The minimum absolute atomic E-state index is 0.197. The number of hydrogen-bond donors (Lipinski definition) is 0. The highest BCUT2D eigenvalue weighted by Gasteiger charge is 2.32. The van der Waals surface area contributed by atoms with E-state index in [0.29, 0.717) is 12.0 Å². The summed E-state index contributed by atoms with van der Waals surface area (Å²) < 4.78 is 13.8. The predicted molar refractivity (Wildman–Crippen MR) is 71.6 cm³/mol. The number of Topliss-reactive ketones (excluding diaryl/α,β-unsaturated/α-hetero) is 1. The molecule has 0 bridgehead atoms. The van der Waals surface area contributed by atoms with Gasteiger partial charge in [-0.1, -0.05) is 19.9 Å². The molecule has 1 saturated carbocycles. The van der Waals surface area contributed by atoms with E-state index in [2.05, 4.69) is 18.7 Å². The highest BCUT2D eigenvalue weighted by Crippen LogP contribution is 2.35. The van der Waals surface area contributed by atoms with Gasteiger partial charge in [-0.15, -0.1) is 0 Å². The molecule has 1 aromatic carbocycles. The van der Waals surface area contributed by atoms with E-state index in [4.69, 9.17) is 0 Å². The molecule has 0 saturated heterocycles. The molecule has 0 radical (unpaired) electrons. The number of hydrogen-bond acceptors (Lipinski definition) is 2. The Bertz CT molecular complexity index is 452. The molecule has 0 atom stereocenters. The second-order valence-electron chi connectivity index (χ2n) is 5.47. The summed E-state index contributed by atoms with van der Waals surface area (Å²) >= 11 is 0. The molecule has 0 unspecified atom stereocenters. The number of benzene rings is 1. The van der Waals surface area contributed by atoms with Crippen LogP contribution in [0.1, 0.15) is 44.0 Å². The molecule has 0 aromatic heterocycles. The van der Waals surface area contributed by atoms with Crippen molar-refractivity contribution in [2.24, 2.45) is 5.92 Å². The molecule has 1 aliphatic carbocycles. The highest BCUT2D eigenvalue weighted by atomic mass is 19.1. The van der Waals surface area contributed by atoms with Gasteiger partial charge in [0.15, 0.2) is 5.78 Å². The third-order valence-corrected chi connectivity index (χ3v) is 3.20. The lowest BCUT2D eigenvalue weighted by atomic mass is 10.1. The van der Waals surface area contributed by atoms with Gasteiger partial charge in [-0.05, 0) is 37.8 Å². The Labute approximate surface area is 108 Å². The predicted octanol–water partition coefficient (Wildman–Crippen LogP) is 3.65. The van der Waals surface area contributed by atoms with Crippen LogP contribution in [0.3, 0.4) is 0 Å². The fourth-order valence-corrected chi connectivity index (χ4v) is 2.32. The lowest BCUT2D eigenvalue weighted by Crippen LogP contribution is -2.31. The molecule has 0 aliphatic heterocycles. The minimum Gasteiger partial charge on any atom is -0.368 e. The number of rotatable bonds is 5. The fourth-order valence-electron chi connectivity index (χ4n) is 2.32. The lowest BCUT2D eigenvalue weighted by molar-refractivity contribution is 0.101. The number of carbonyl (C=O) groups is 1. The van der Waals surface area contributed by atoms with Crippen LogP contribution in [0.5, 0.6) is 0 Å². The van der Waals surface area contributed by atoms with Crippen molar-refractivity contribution < 1.29 is 9.18 Å². The van der Waals surface area contributed by atoms with E-state index in [1.165, 1.54) is 13.0 Å². The Morgan fingerprint density at radius 3 is 2.61 bits per heavy atom. The van der Waals surface area contributed by atoms with Crippen LogP contribution >= 0.6 is 0 Å². The average Bonchev–Trinajstić information content (AvgIpc) is 3.08. The van der Waals surface area contributed by atoms with Crippen molar-refractivity contribution in [1.29, 1.82) is 0 Å². The third kappa shape index (κ3) is 2.71. The van der Waals surface area contributed by atoms with Gasteiger partial charge in [0.25, 0.3) is 0 Å². The molecule has 0 spiro atoms. The van der Waals surface area contributed by atoms with Crippen molar-refractivity contribution in [3.8, 4) is 0 Å². The van der Waals surface area contributed by atoms with Crippen LogP contribution in [0, 0.1) is 11.7 Å². The zero-order valence-corrected chi connectivity index (χ0v) is 11.2. The molecule has 0 amide bonds. The summed E-state index contributed by atoms with van der Waals surface area (Å²) in [5, 5.41) is 0. The minimum atomic E-state index is -0.408. The van der Waals surface area contributed by atoms with Crippen LogP contribution in [0.4, 0.5) is 10.1 Å². The SMILES string of the molecule is CC(=O)c1c(F)cccc1N(CC(C)C)C1CC1. The zero-order chi connectivity index (χ0) is 13.3. The van der Waals surface area contributed by atoms with E-state index in [1.54, 1.807) is 6.07 Å². The first-order chi connectivity index (χ1) is 8.50. The molecular weight excluding hydrogens is 229 g/mol. The van der Waals surface area contributed by atoms with Gasteiger partial charge >= 0.3 is 0 Å². The van der Waals surface area contributed by atoms with Crippen molar-refractivity contribution in [2.45, 2.75) is 39.7 Å². The summed E-state index contributed by atoms with van der Waals surface area (Å²) in [6, 6.07) is 5.39. The quantitative estimate of drug-likeness (QED) is 0.742. The molecule has 98 valence electrons. The molecule has 2 nitrogen and oxygen atoms in total. The summed E-state index contributed by atoms with van der Waals surface area (Å²) in [5.41, 5.74) is 1.00. The van der Waals surface area contributed by atoms with E-state index in [9.17, 15) is 9.18 Å². The molecule has 1 aromatic rings. The van der Waals surface area contributed by atoms with Gasteiger partial charge in [0.2, 0.25) is 0 Å². The maximum Gasteiger partial charge on any atom is 0.164 e. The molecular formula is C15H20FNO. The topological polar surface area (TPSA) is 20.3 Å². The zero-order valence-electron chi connectivity index (χ0n) is 11.2. The van der Waals surface area contributed by atoms with Crippen molar-refractivity contribution in [1.82, 2.24) is 0 Å². The molecule has 18 heavy (non-hydrogen) atoms.